The Morgan fingerprint density at radius 2 is 1.77 bits per heavy atom. The van der Waals surface area contributed by atoms with Gasteiger partial charge in [0.05, 0.1) is 0 Å². The zero-order valence-electron chi connectivity index (χ0n) is 13.5. The van der Waals surface area contributed by atoms with Crippen molar-refractivity contribution in [2.24, 2.45) is 0 Å². The molecule has 0 bridgehead atoms. The number of halogens is 1. The lowest BCUT2D eigenvalue weighted by Crippen LogP contribution is -2.27. The second kappa shape index (κ2) is 7.55. The van der Waals surface area contributed by atoms with E-state index in [9.17, 15) is 9.59 Å². The maximum atomic E-state index is 12.7. The van der Waals surface area contributed by atoms with Crippen LogP contribution in [0.25, 0.3) is 10.6 Å². The van der Waals surface area contributed by atoms with Gasteiger partial charge < -0.3 is 9.84 Å². The summed E-state index contributed by atoms with van der Waals surface area (Å²) in [5, 5.41) is 10.1. The van der Waals surface area contributed by atoms with Gasteiger partial charge in [-0.1, -0.05) is 53.3 Å². The summed E-state index contributed by atoms with van der Waals surface area (Å²) in [6, 6.07) is 15.6. The fourth-order valence-corrected chi connectivity index (χ4v) is 3.32. The van der Waals surface area contributed by atoms with Crippen LogP contribution in [0.4, 0.5) is 10.6 Å². The van der Waals surface area contributed by atoms with Gasteiger partial charge in [0.2, 0.25) is 5.06 Å². The monoisotopic (exact) mass is 388 g/mol. The summed E-state index contributed by atoms with van der Waals surface area (Å²) in [6.45, 7) is 0. The molecular formula is C18H13ClN2O4S. The molecule has 1 N–H and O–H groups in total. The summed E-state index contributed by atoms with van der Waals surface area (Å²) >= 11 is 6.90. The van der Waals surface area contributed by atoms with Crippen molar-refractivity contribution < 1.29 is 19.4 Å². The molecule has 0 aliphatic rings. The summed E-state index contributed by atoms with van der Waals surface area (Å²) in [5.74, 6) is -0.224. The van der Waals surface area contributed by atoms with Crippen molar-refractivity contribution in [1.82, 2.24) is 4.98 Å². The van der Waals surface area contributed by atoms with Crippen LogP contribution in [-0.2, 0) is 0 Å². The second-order valence-electron chi connectivity index (χ2n) is 5.24. The molecule has 8 heteroatoms. The number of aromatic nitrogens is 1. The molecule has 0 saturated carbocycles. The largest absolute Gasteiger partial charge is 0.512 e. The van der Waals surface area contributed by atoms with Crippen molar-refractivity contribution in [2.45, 2.75) is 0 Å². The number of carbonyl (C=O) groups excluding carboxylic acids is 1. The van der Waals surface area contributed by atoms with Crippen molar-refractivity contribution in [2.75, 3.05) is 11.9 Å². The van der Waals surface area contributed by atoms with E-state index in [0.29, 0.717) is 15.6 Å². The molecule has 6 nitrogen and oxygen atoms in total. The number of hydrogen-bond acceptors (Lipinski definition) is 5. The number of anilines is 1. The quantitative estimate of drug-likeness (QED) is 0.649. The molecular weight excluding hydrogens is 376 g/mol. The van der Waals surface area contributed by atoms with Gasteiger partial charge in [0.15, 0.2) is 5.82 Å². The third-order valence-electron chi connectivity index (χ3n) is 3.49. The van der Waals surface area contributed by atoms with Crippen molar-refractivity contribution in [3.63, 3.8) is 0 Å². The Morgan fingerprint density at radius 1 is 1.12 bits per heavy atom. The predicted octanol–water partition coefficient (Wildman–Crippen LogP) is 4.80. The lowest BCUT2D eigenvalue weighted by Gasteiger charge is -2.15. The lowest BCUT2D eigenvalue weighted by molar-refractivity contribution is 0.0990. The zero-order chi connectivity index (χ0) is 18.7. The first-order chi connectivity index (χ1) is 12.5. The first-order valence-corrected chi connectivity index (χ1v) is 8.66. The van der Waals surface area contributed by atoms with Crippen LogP contribution in [0.15, 0.2) is 54.6 Å². The molecule has 1 heterocycles. The number of amides is 1. The van der Waals surface area contributed by atoms with Crippen LogP contribution in [-0.4, -0.2) is 29.2 Å². The van der Waals surface area contributed by atoms with Gasteiger partial charge in [0.1, 0.15) is 5.01 Å². The third kappa shape index (κ3) is 3.84. The van der Waals surface area contributed by atoms with Crippen molar-refractivity contribution in [3.05, 3.63) is 65.2 Å². The zero-order valence-corrected chi connectivity index (χ0v) is 15.1. The highest BCUT2D eigenvalue weighted by Gasteiger charge is 2.24. The number of carbonyl (C=O) groups is 2. The van der Waals surface area contributed by atoms with E-state index in [4.69, 9.17) is 21.4 Å². The van der Waals surface area contributed by atoms with Crippen LogP contribution in [0.3, 0.4) is 0 Å². The number of carboxylic acid groups (broad SMARTS) is 1. The molecule has 0 unspecified atom stereocenters. The van der Waals surface area contributed by atoms with Crippen LogP contribution in [0.2, 0.25) is 5.02 Å². The van der Waals surface area contributed by atoms with Crippen molar-refractivity contribution in [3.8, 4) is 15.6 Å². The molecule has 0 spiro atoms. The van der Waals surface area contributed by atoms with E-state index in [1.54, 1.807) is 24.3 Å². The fourth-order valence-electron chi connectivity index (χ4n) is 2.24. The fraction of sp³-hybridized carbons (Fsp3) is 0.0556. The van der Waals surface area contributed by atoms with Gasteiger partial charge in [0.25, 0.3) is 5.91 Å². The van der Waals surface area contributed by atoms with Gasteiger partial charge in [-0.05, 0) is 24.3 Å². The molecule has 0 aliphatic heterocycles. The third-order valence-corrected chi connectivity index (χ3v) is 4.72. The summed E-state index contributed by atoms with van der Waals surface area (Å²) in [7, 11) is 1.51. The van der Waals surface area contributed by atoms with E-state index in [1.807, 2.05) is 30.3 Å². The maximum Gasteiger partial charge on any atom is 0.512 e. The Bertz CT molecular complexity index is 942. The minimum absolute atomic E-state index is 0.0289. The molecule has 0 aliphatic carbocycles. The molecule has 132 valence electrons. The molecule has 0 saturated heterocycles. The number of ether oxygens (including phenoxy) is 1. The van der Waals surface area contributed by atoms with Gasteiger partial charge in [-0.15, -0.1) is 0 Å². The molecule has 0 radical (unpaired) electrons. The Labute approximate surface area is 158 Å². The summed E-state index contributed by atoms with van der Waals surface area (Å²) in [5.41, 5.74) is 1.19. The van der Waals surface area contributed by atoms with E-state index in [0.717, 1.165) is 16.9 Å². The number of benzene rings is 2. The van der Waals surface area contributed by atoms with Crippen LogP contribution >= 0.6 is 22.9 Å². The molecule has 0 atom stereocenters. The molecule has 0 fully saturated rings. The summed E-state index contributed by atoms with van der Waals surface area (Å²) in [4.78, 5) is 29.4. The Kier molecular flexibility index (Phi) is 5.20. The van der Waals surface area contributed by atoms with E-state index < -0.39 is 6.16 Å². The minimum atomic E-state index is -1.47. The SMILES string of the molecule is CN(C(=O)c1ccc(Cl)cc1)c1nc(-c2ccccc2)sc1OC(=O)O. The van der Waals surface area contributed by atoms with Gasteiger partial charge >= 0.3 is 6.16 Å². The molecule has 2 aromatic carbocycles. The van der Waals surface area contributed by atoms with Gasteiger partial charge in [-0.3, -0.25) is 9.69 Å². The average Bonchev–Trinajstić information content (AvgIpc) is 3.05. The molecule has 26 heavy (non-hydrogen) atoms. The topological polar surface area (TPSA) is 79.7 Å². The van der Waals surface area contributed by atoms with Crippen LogP contribution in [0.1, 0.15) is 10.4 Å². The summed E-state index contributed by atoms with van der Waals surface area (Å²) in [6.07, 6.45) is -1.47. The highest BCUT2D eigenvalue weighted by Crippen LogP contribution is 2.39. The van der Waals surface area contributed by atoms with E-state index >= 15 is 0 Å². The second-order valence-corrected chi connectivity index (χ2v) is 6.63. The van der Waals surface area contributed by atoms with Crippen LogP contribution < -0.4 is 9.64 Å². The number of rotatable bonds is 4. The van der Waals surface area contributed by atoms with Gasteiger partial charge in [-0.2, -0.15) is 0 Å². The molecule has 3 aromatic rings. The number of nitrogens with zero attached hydrogens (tertiary/aromatic N) is 2. The van der Waals surface area contributed by atoms with Crippen molar-refractivity contribution in [1.29, 1.82) is 0 Å². The highest BCUT2D eigenvalue weighted by atomic mass is 35.5. The number of thiazole rings is 1. The first kappa shape index (κ1) is 17.9. The Balaban J connectivity index is 1.98. The first-order valence-electron chi connectivity index (χ1n) is 7.46. The minimum Gasteiger partial charge on any atom is -0.449 e. The van der Waals surface area contributed by atoms with Crippen molar-refractivity contribution >= 4 is 40.8 Å². The molecule has 1 aromatic heterocycles. The smallest absolute Gasteiger partial charge is 0.449 e. The average molecular weight is 389 g/mol. The normalized spacial score (nSPS) is 10.4. The predicted molar refractivity (Wildman–Crippen MR) is 100 cm³/mol. The van der Waals surface area contributed by atoms with Crippen LogP contribution in [0, 0.1) is 0 Å². The van der Waals surface area contributed by atoms with E-state index in [2.05, 4.69) is 4.98 Å². The van der Waals surface area contributed by atoms with E-state index in [-0.39, 0.29) is 16.8 Å². The molecule has 3 rings (SSSR count). The summed E-state index contributed by atoms with van der Waals surface area (Å²) < 4.78 is 4.83. The maximum absolute atomic E-state index is 12.7. The standard InChI is InChI=1S/C18H13ClN2O4S/c1-21(16(22)12-7-9-13(19)10-8-12)14-17(25-18(23)24)26-15(20-14)11-5-3-2-4-6-11/h2-10H,1H3,(H,23,24). The van der Waals surface area contributed by atoms with Crippen LogP contribution in [0.5, 0.6) is 5.06 Å². The Morgan fingerprint density at radius 3 is 2.38 bits per heavy atom. The number of hydrogen-bond donors (Lipinski definition) is 1. The van der Waals surface area contributed by atoms with E-state index in [1.165, 1.54) is 11.9 Å². The Hall–Kier alpha value is -2.90. The van der Waals surface area contributed by atoms with Gasteiger partial charge in [-0.25, -0.2) is 9.78 Å². The molecule has 1 amide bonds. The lowest BCUT2D eigenvalue weighted by atomic mass is 10.2. The highest BCUT2D eigenvalue weighted by molar-refractivity contribution is 7.17. The van der Waals surface area contributed by atoms with Gasteiger partial charge in [0, 0.05) is 23.2 Å².